The van der Waals surface area contributed by atoms with Gasteiger partial charge in [0, 0.05) is 37.0 Å². The van der Waals surface area contributed by atoms with Gasteiger partial charge in [0.15, 0.2) is 0 Å². The summed E-state index contributed by atoms with van der Waals surface area (Å²) in [6.07, 6.45) is -2.42. The molecule has 7 heteroatoms. The summed E-state index contributed by atoms with van der Waals surface area (Å²) < 4.78 is 44.6. The molecule has 2 unspecified atom stereocenters. The number of rotatable bonds is 3. The molecule has 0 aliphatic carbocycles. The number of amides is 1. The first-order chi connectivity index (χ1) is 11.4. The van der Waals surface area contributed by atoms with Crippen molar-refractivity contribution in [3.05, 3.63) is 36.1 Å². The van der Waals surface area contributed by atoms with E-state index in [1.807, 2.05) is 24.3 Å². The number of hydrogen-bond acceptors (Lipinski definition) is 3. The number of likely N-dealkylation sites (tertiary alicyclic amines) is 1. The van der Waals surface area contributed by atoms with Gasteiger partial charge in [-0.05, 0) is 18.9 Å². The van der Waals surface area contributed by atoms with Crippen molar-refractivity contribution in [2.45, 2.75) is 44.6 Å². The molecule has 1 fully saturated rings. The summed E-state index contributed by atoms with van der Waals surface area (Å²) in [5, 5.41) is 4.24. The Morgan fingerprint density at radius 2 is 2.08 bits per heavy atom. The first-order valence-corrected chi connectivity index (χ1v) is 7.88. The second-order valence-corrected chi connectivity index (χ2v) is 6.14. The molecular weight excluding hydrogens is 321 g/mol. The van der Waals surface area contributed by atoms with Crippen LogP contribution in [0, 0.1) is 0 Å². The molecule has 1 aromatic heterocycles. The SMILES string of the molecule is CC(=O)N1CC(NCc2coc3ccccc23)CCC1C(F)(F)F. The Morgan fingerprint density at radius 3 is 2.79 bits per heavy atom. The molecule has 2 atom stereocenters. The Labute approximate surface area is 137 Å². The summed E-state index contributed by atoms with van der Waals surface area (Å²) >= 11 is 0. The first-order valence-electron chi connectivity index (χ1n) is 7.88. The number of nitrogens with one attached hydrogen (secondary N) is 1. The fraction of sp³-hybridized carbons (Fsp3) is 0.471. The Hall–Kier alpha value is -2.02. The van der Waals surface area contributed by atoms with E-state index in [1.54, 1.807) is 6.26 Å². The third kappa shape index (κ3) is 3.40. The summed E-state index contributed by atoms with van der Waals surface area (Å²) in [7, 11) is 0. The number of benzene rings is 1. The molecule has 1 N–H and O–H groups in total. The number of fused-ring (bicyclic) bond motifs is 1. The van der Waals surface area contributed by atoms with Crippen LogP contribution in [-0.2, 0) is 11.3 Å². The van der Waals surface area contributed by atoms with Gasteiger partial charge >= 0.3 is 6.18 Å². The summed E-state index contributed by atoms with van der Waals surface area (Å²) in [6, 6.07) is 5.76. The monoisotopic (exact) mass is 340 g/mol. The molecule has 1 aliphatic heterocycles. The Kier molecular flexibility index (Phi) is 4.54. The molecule has 1 amide bonds. The average Bonchev–Trinajstić information content (AvgIpc) is 2.95. The van der Waals surface area contributed by atoms with E-state index in [1.165, 1.54) is 6.92 Å². The molecule has 2 heterocycles. The Bertz CT molecular complexity index is 726. The van der Waals surface area contributed by atoms with Crippen LogP contribution in [0.25, 0.3) is 11.0 Å². The molecule has 1 aliphatic rings. The fourth-order valence-corrected chi connectivity index (χ4v) is 3.25. The fourth-order valence-electron chi connectivity index (χ4n) is 3.25. The lowest BCUT2D eigenvalue weighted by atomic mass is 9.97. The Morgan fingerprint density at radius 1 is 1.33 bits per heavy atom. The van der Waals surface area contributed by atoms with Crippen LogP contribution in [0.4, 0.5) is 13.2 Å². The number of carbonyl (C=O) groups excluding carboxylic acids is 1. The molecule has 1 saturated heterocycles. The minimum atomic E-state index is -4.38. The molecule has 0 saturated carbocycles. The van der Waals surface area contributed by atoms with Gasteiger partial charge in [0.25, 0.3) is 0 Å². The van der Waals surface area contributed by atoms with Gasteiger partial charge < -0.3 is 14.6 Å². The second-order valence-electron chi connectivity index (χ2n) is 6.14. The zero-order valence-electron chi connectivity index (χ0n) is 13.3. The van der Waals surface area contributed by atoms with Gasteiger partial charge in [-0.3, -0.25) is 4.79 Å². The van der Waals surface area contributed by atoms with E-state index < -0.39 is 18.1 Å². The Balaban J connectivity index is 1.65. The summed E-state index contributed by atoms with van der Waals surface area (Å²) in [6.45, 7) is 1.74. The quantitative estimate of drug-likeness (QED) is 0.931. The van der Waals surface area contributed by atoms with Crippen molar-refractivity contribution < 1.29 is 22.4 Å². The van der Waals surface area contributed by atoms with Crippen LogP contribution in [0.15, 0.2) is 34.9 Å². The van der Waals surface area contributed by atoms with Crippen molar-refractivity contribution in [1.82, 2.24) is 10.2 Å². The van der Waals surface area contributed by atoms with E-state index in [0.29, 0.717) is 13.0 Å². The topological polar surface area (TPSA) is 45.5 Å². The number of halogens is 3. The number of alkyl halides is 3. The lowest BCUT2D eigenvalue weighted by Gasteiger charge is -2.40. The van der Waals surface area contributed by atoms with Crippen molar-refractivity contribution in [3.63, 3.8) is 0 Å². The summed E-state index contributed by atoms with van der Waals surface area (Å²) in [4.78, 5) is 12.5. The highest BCUT2D eigenvalue weighted by molar-refractivity contribution is 5.80. The number of furan rings is 1. The van der Waals surface area contributed by atoms with Crippen LogP contribution in [0.1, 0.15) is 25.3 Å². The molecule has 24 heavy (non-hydrogen) atoms. The standard InChI is InChI=1S/C17H19F3N2O2/c1-11(23)22-9-13(6-7-16(22)17(18,19)20)21-8-12-10-24-15-5-3-2-4-14(12)15/h2-5,10,13,16,21H,6-9H2,1H3. The van der Waals surface area contributed by atoms with Crippen molar-refractivity contribution in [3.8, 4) is 0 Å². The zero-order valence-corrected chi connectivity index (χ0v) is 13.3. The van der Waals surface area contributed by atoms with Crippen LogP contribution in [0.5, 0.6) is 0 Å². The highest BCUT2D eigenvalue weighted by Crippen LogP contribution is 2.32. The summed E-state index contributed by atoms with van der Waals surface area (Å²) in [5.74, 6) is -0.544. The maximum atomic E-state index is 13.0. The van der Waals surface area contributed by atoms with Crippen LogP contribution in [0.2, 0.25) is 0 Å². The predicted octanol–water partition coefficient (Wildman–Crippen LogP) is 3.46. The minimum Gasteiger partial charge on any atom is -0.464 e. The number of carbonyl (C=O) groups is 1. The maximum Gasteiger partial charge on any atom is 0.408 e. The molecule has 0 bridgehead atoms. The van der Waals surface area contributed by atoms with Crippen LogP contribution in [0.3, 0.4) is 0 Å². The molecule has 4 nitrogen and oxygen atoms in total. The largest absolute Gasteiger partial charge is 0.464 e. The average molecular weight is 340 g/mol. The van der Waals surface area contributed by atoms with Crippen molar-refractivity contribution >= 4 is 16.9 Å². The number of para-hydroxylation sites is 1. The van der Waals surface area contributed by atoms with E-state index in [4.69, 9.17) is 4.42 Å². The first kappa shape index (κ1) is 16.8. The molecule has 2 aromatic rings. The predicted molar refractivity (Wildman–Crippen MR) is 83.3 cm³/mol. The van der Waals surface area contributed by atoms with Crippen molar-refractivity contribution in [2.75, 3.05) is 6.54 Å². The van der Waals surface area contributed by atoms with Gasteiger partial charge in [-0.1, -0.05) is 18.2 Å². The third-order valence-corrected chi connectivity index (χ3v) is 4.51. The number of nitrogens with zero attached hydrogens (tertiary/aromatic N) is 1. The molecule has 130 valence electrons. The van der Waals surface area contributed by atoms with E-state index in [2.05, 4.69) is 5.32 Å². The molecule has 0 radical (unpaired) electrons. The maximum absolute atomic E-state index is 13.0. The zero-order chi connectivity index (χ0) is 17.3. The highest BCUT2D eigenvalue weighted by Gasteiger charge is 2.47. The molecule has 3 rings (SSSR count). The minimum absolute atomic E-state index is 0.0648. The van der Waals surface area contributed by atoms with Crippen molar-refractivity contribution in [2.24, 2.45) is 0 Å². The summed E-state index contributed by atoms with van der Waals surface area (Å²) in [5.41, 5.74) is 1.73. The lowest BCUT2D eigenvalue weighted by molar-refractivity contribution is -0.196. The van der Waals surface area contributed by atoms with Gasteiger partial charge in [-0.15, -0.1) is 0 Å². The molecule has 0 spiro atoms. The van der Waals surface area contributed by atoms with Crippen molar-refractivity contribution in [1.29, 1.82) is 0 Å². The van der Waals surface area contributed by atoms with Gasteiger partial charge in [0.2, 0.25) is 5.91 Å². The van der Waals surface area contributed by atoms with Gasteiger partial charge in [0.05, 0.1) is 6.26 Å². The smallest absolute Gasteiger partial charge is 0.408 e. The lowest BCUT2D eigenvalue weighted by Crippen LogP contribution is -2.56. The number of hydrogen-bond donors (Lipinski definition) is 1. The van der Waals surface area contributed by atoms with E-state index in [-0.39, 0.29) is 19.0 Å². The van der Waals surface area contributed by atoms with Gasteiger partial charge in [0.1, 0.15) is 11.6 Å². The molecular formula is C17H19F3N2O2. The van der Waals surface area contributed by atoms with Crippen LogP contribution < -0.4 is 5.32 Å². The third-order valence-electron chi connectivity index (χ3n) is 4.51. The van der Waals surface area contributed by atoms with Crippen LogP contribution >= 0.6 is 0 Å². The highest BCUT2D eigenvalue weighted by atomic mass is 19.4. The van der Waals surface area contributed by atoms with E-state index in [9.17, 15) is 18.0 Å². The number of piperidine rings is 1. The van der Waals surface area contributed by atoms with Gasteiger partial charge in [-0.25, -0.2) is 0 Å². The normalized spacial score (nSPS) is 22.1. The van der Waals surface area contributed by atoms with E-state index in [0.717, 1.165) is 21.4 Å². The van der Waals surface area contributed by atoms with E-state index >= 15 is 0 Å². The van der Waals surface area contributed by atoms with Gasteiger partial charge in [-0.2, -0.15) is 13.2 Å². The molecule has 1 aromatic carbocycles. The van der Waals surface area contributed by atoms with Crippen LogP contribution in [-0.4, -0.2) is 35.6 Å². The second kappa shape index (κ2) is 6.47.